The molecule has 5 atom stereocenters. The molecule has 0 radical (unpaired) electrons. The standard InChI is InChI=1S/C29H30FN5O2.C26H25FN4O3S.C26H25FN4O2S.C21H22FN5O.C4H9N.C4H8O.C2H4O2.H2O2/c1-36-24-12-5-19(6-13-24)17-37-18-23-11-14-26-34-27(20-7-9-21(30)10-8-20)28(35(23)26)25-15-16-31-29(33-25)32-22-3-2-4-22;1-33-21-10-3-17(4-11-21)15-34-16-20-9-12-23-30-24(18-5-7-19(27)8-6-18)25(31(20)23)22-13-14-28-26(29-22)35(2)32;1-32-21-10-3-17(4-11-21)15-33-16-20-9-12-23-30-24(18-5-7-19(27)8-6-18)25(31(20)23)22-13-14-28-26(29-22)34-2;22-14-6-4-13(5-7-14)19-20(27-16(12-28)8-9-18(27)26-19)17-10-11-23-21(25-17)24-15-2-1-3-15;5-4-2-1-3-4;1-2-4-5-3-1;1-2(3)4;1-2/h5-10,12-13,15-16,22-23H,2-4,11,14,17-18H2,1H3,(H,31,32,33);3-8,10-11,13-14,20H,9,12,15-16H2,1-2H3;3-8,10-11,13-14,20H,9,12,15-16H2,1-2H3;4-7,10-11,15-16,28H,1-3,8-9,12H2,(H,23,24,25);4H,1-3,5H2;1-4H2;1H3,(H,3,4);1-2H/t23-;20-,35?;20-;16-;;;;/m0000..../s1. The van der Waals surface area contributed by atoms with E-state index in [-0.39, 0.29) is 59.2 Å². The SMILES string of the molecule is C1CCOC1.CC(=O)O.COc1ccc(COC[C@@H]2CCc3nc(-c4ccc(F)cc4)c(-c4ccnc(NC5CCC5)n4)n32)cc1.COc1ccc(COC[C@@H]2CCc3nc(-c4ccc(F)cc4)c(-c4ccnc(S(C)=O)n4)n32)cc1.COc1ccc(COC[C@@H]2CCc3nc(-c4ccc(F)cc4)c(-c4ccnc(SC)n4)n32)cc1.NC1CCC1.OC[C@@H]1CCc2nc(-c3ccc(F)cc3)c(-c3ccnc(NC4CCC4)n3)n21.OO. The van der Waals surface area contributed by atoms with E-state index in [4.69, 9.17) is 94.2 Å². The summed E-state index contributed by atoms with van der Waals surface area (Å²) in [6, 6.07) is 58.5. The predicted octanol–water partition coefficient (Wildman–Crippen LogP) is 21.0. The third-order valence-electron chi connectivity index (χ3n) is 26.9. The molecule has 3 saturated carbocycles. The van der Waals surface area contributed by atoms with Crippen molar-refractivity contribution in [3.63, 3.8) is 0 Å². The third-order valence-corrected chi connectivity index (χ3v) is 28.2. The van der Waals surface area contributed by atoms with Gasteiger partial charge >= 0.3 is 0 Å². The number of aliphatic hydroxyl groups excluding tert-OH is 1. The molecular formula is C112H125F4N19O13S2. The highest BCUT2D eigenvalue weighted by Crippen LogP contribution is 2.46. The van der Waals surface area contributed by atoms with Gasteiger partial charge < -0.3 is 78.0 Å². The number of aromatic nitrogens is 16. The number of nitrogens with one attached hydrogen (secondary N) is 2. The van der Waals surface area contributed by atoms with Gasteiger partial charge in [0, 0.05) is 117 Å². The third kappa shape index (κ3) is 28.0. The highest BCUT2D eigenvalue weighted by Gasteiger charge is 2.37. The number of carboxylic acids is 1. The van der Waals surface area contributed by atoms with Crippen molar-refractivity contribution < 1.29 is 80.5 Å². The number of fused-ring (bicyclic) bond motifs is 4. The van der Waals surface area contributed by atoms with Gasteiger partial charge in [-0.2, -0.15) is 0 Å². The number of thioether (sulfide) groups is 1. The number of aliphatic hydroxyl groups is 1. The largest absolute Gasteiger partial charge is 0.497 e. The molecule has 1 saturated heterocycles. The molecule has 13 heterocycles. The molecule has 0 amide bonds. The van der Waals surface area contributed by atoms with E-state index in [0.717, 1.165) is 234 Å². The molecule has 32 nitrogen and oxygen atoms in total. The molecule has 8 aliphatic rings. The van der Waals surface area contributed by atoms with E-state index in [9.17, 15) is 26.9 Å². The molecule has 8 aromatic heterocycles. The Morgan fingerprint density at radius 2 is 0.707 bits per heavy atom. The molecular weight excluding hydrogens is 1960 g/mol. The second kappa shape index (κ2) is 53.5. The summed E-state index contributed by atoms with van der Waals surface area (Å²) in [5.41, 5.74) is 21.6. The molecule has 1 unspecified atom stereocenters. The van der Waals surface area contributed by atoms with E-state index < -0.39 is 16.8 Å². The van der Waals surface area contributed by atoms with Crippen LogP contribution in [0.2, 0.25) is 0 Å². The summed E-state index contributed by atoms with van der Waals surface area (Å²) in [6.07, 6.45) is 30.9. The predicted molar refractivity (Wildman–Crippen MR) is 566 cm³/mol. The number of rotatable bonds is 30. The average Bonchev–Trinajstić information content (AvgIpc) is 1.61. The molecule has 8 N–H and O–H groups in total. The van der Waals surface area contributed by atoms with Crippen LogP contribution in [0.4, 0.5) is 29.5 Å². The number of benzene rings is 7. The number of hydrogen-bond acceptors (Lipinski definition) is 28. The van der Waals surface area contributed by atoms with Crippen LogP contribution in [0.3, 0.4) is 0 Å². The van der Waals surface area contributed by atoms with Crippen molar-refractivity contribution in [2.24, 2.45) is 5.73 Å². The lowest BCUT2D eigenvalue weighted by molar-refractivity contribution is -0.176. The van der Waals surface area contributed by atoms with Gasteiger partial charge in [0.15, 0.2) is 5.16 Å². The molecule has 0 spiro atoms. The molecule has 15 aromatic rings. The van der Waals surface area contributed by atoms with E-state index in [1.54, 1.807) is 107 Å². The highest BCUT2D eigenvalue weighted by atomic mass is 32.2. The average molecular weight is 2090 g/mol. The van der Waals surface area contributed by atoms with Crippen molar-refractivity contribution in [1.82, 2.24) is 78.1 Å². The molecule has 5 aliphatic heterocycles. The number of imidazole rings is 4. The fourth-order valence-electron chi connectivity index (χ4n) is 18.6. The summed E-state index contributed by atoms with van der Waals surface area (Å²) < 4.78 is 114. The van der Waals surface area contributed by atoms with Crippen LogP contribution in [0, 0.1) is 23.3 Å². The summed E-state index contributed by atoms with van der Waals surface area (Å²) in [5, 5.41) is 37.1. The van der Waals surface area contributed by atoms with Crippen LogP contribution >= 0.6 is 11.8 Å². The van der Waals surface area contributed by atoms with Crippen molar-refractivity contribution in [1.29, 1.82) is 0 Å². The number of anilines is 2. The number of carboxylic acid groups (broad SMARTS) is 1. The van der Waals surface area contributed by atoms with Crippen LogP contribution in [0.25, 0.3) is 90.6 Å². The molecule has 786 valence electrons. The first kappa shape index (κ1) is 109. The Balaban J connectivity index is 0.000000136. The smallest absolute Gasteiger partial charge is 0.300 e. The number of nitrogens with zero attached hydrogens (tertiary/aromatic N) is 16. The summed E-state index contributed by atoms with van der Waals surface area (Å²) >= 11 is 1.50. The minimum Gasteiger partial charge on any atom is -0.497 e. The Morgan fingerprint density at radius 3 is 0.980 bits per heavy atom. The van der Waals surface area contributed by atoms with Gasteiger partial charge in [0.1, 0.15) is 63.8 Å². The van der Waals surface area contributed by atoms with E-state index in [2.05, 4.69) is 53.8 Å². The van der Waals surface area contributed by atoms with Gasteiger partial charge in [0.2, 0.25) is 17.1 Å². The molecule has 3 aliphatic carbocycles. The number of halogens is 4. The van der Waals surface area contributed by atoms with Gasteiger partial charge in [-0.25, -0.2) is 77.4 Å². The normalized spacial score (nSPS) is 16.5. The molecule has 23 rings (SSSR count). The molecule has 4 fully saturated rings. The fourth-order valence-corrected chi connectivity index (χ4v) is 19.4. The fraction of sp³-hybridized carbons (Fsp3) is 0.366. The van der Waals surface area contributed by atoms with Crippen molar-refractivity contribution in [2.45, 2.75) is 201 Å². The Hall–Kier alpha value is -13.9. The monoisotopic (exact) mass is 2080 g/mol. The Labute approximate surface area is 875 Å². The number of hydrogen-bond donors (Lipinski definition) is 7. The lowest BCUT2D eigenvalue weighted by Crippen LogP contribution is -2.28. The lowest BCUT2D eigenvalue weighted by Gasteiger charge is -2.26. The Kier molecular flexibility index (Phi) is 38.8. The van der Waals surface area contributed by atoms with Gasteiger partial charge in [-0.3, -0.25) is 19.5 Å². The maximum absolute atomic E-state index is 13.7. The zero-order valence-electron chi connectivity index (χ0n) is 84.6. The molecule has 7 aromatic carbocycles. The number of ether oxygens (including phenoxy) is 7. The maximum atomic E-state index is 13.7. The summed E-state index contributed by atoms with van der Waals surface area (Å²) in [6.45, 7) is 6.29. The van der Waals surface area contributed by atoms with Gasteiger partial charge in [-0.1, -0.05) is 54.6 Å². The van der Waals surface area contributed by atoms with Crippen molar-refractivity contribution in [2.75, 3.05) is 84.1 Å². The molecule has 150 heavy (non-hydrogen) atoms. The topological polar surface area (TPSA) is 404 Å². The van der Waals surface area contributed by atoms with E-state index >= 15 is 0 Å². The van der Waals surface area contributed by atoms with Crippen LogP contribution in [-0.2, 0) is 80.0 Å². The first-order valence-corrected chi connectivity index (χ1v) is 53.2. The summed E-state index contributed by atoms with van der Waals surface area (Å²) in [4.78, 5) is 65.0. The Bertz CT molecular complexity index is 6910. The zero-order valence-corrected chi connectivity index (χ0v) is 86.3. The van der Waals surface area contributed by atoms with E-state index in [0.29, 0.717) is 86.2 Å². The van der Waals surface area contributed by atoms with Crippen LogP contribution in [0.5, 0.6) is 17.2 Å². The first-order valence-electron chi connectivity index (χ1n) is 50.4. The number of aryl methyl sites for hydroxylation is 4. The second-order valence-electron chi connectivity index (χ2n) is 37.2. The van der Waals surface area contributed by atoms with Crippen molar-refractivity contribution in [3.8, 4) is 108 Å². The van der Waals surface area contributed by atoms with Crippen LogP contribution in [0.1, 0.15) is 167 Å². The van der Waals surface area contributed by atoms with Gasteiger partial charge in [-0.05, 0) is 271 Å². The number of methoxy groups -OCH3 is 3. The van der Waals surface area contributed by atoms with Crippen LogP contribution < -0.4 is 30.6 Å². The highest BCUT2D eigenvalue weighted by molar-refractivity contribution is 7.98. The van der Waals surface area contributed by atoms with Gasteiger partial charge in [0.05, 0.1) is 171 Å². The van der Waals surface area contributed by atoms with Crippen molar-refractivity contribution in [3.05, 3.63) is 282 Å². The number of carbonyl (C=O) groups is 1. The summed E-state index contributed by atoms with van der Waals surface area (Å²) in [7, 11) is 3.64. The van der Waals surface area contributed by atoms with E-state index in [1.807, 2.05) is 97.3 Å². The maximum Gasteiger partial charge on any atom is 0.300 e. The molecule has 0 bridgehead atoms. The second-order valence-corrected chi connectivity index (χ2v) is 39.2. The minimum atomic E-state index is -1.33. The molecule has 38 heteroatoms. The van der Waals surface area contributed by atoms with Gasteiger partial charge in [0.25, 0.3) is 5.97 Å². The zero-order chi connectivity index (χ0) is 105. The quantitative estimate of drug-likeness (QED) is 0.00723. The number of aliphatic carboxylic acids is 1. The summed E-state index contributed by atoms with van der Waals surface area (Å²) in [5.74, 6) is 5.61. The number of nitrogens with two attached hydrogens (primary N) is 1. The van der Waals surface area contributed by atoms with Crippen LogP contribution in [-0.4, -0.2) is 201 Å². The lowest BCUT2D eigenvalue weighted by atomic mass is 9.93. The van der Waals surface area contributed by atoms with Crippen LogP contribution in [0.15, 0.2) is 229 Å². The Morgan fingerprint density at radius 1 is 0.413 bits per heavy atom. The first-order chi connectivity index (χ1) is 73.2. The minimum absolute atomic E-state index is 0.0234. The van der Waals surface area contributed by atoms with Gasteiger partial charge in [-0.15, -0.1) is 0 Å². The van der Waals surface area contributed by atoms with Crippen molar-refractivity contribution >= 4 is 40.4 Å². The van der Waals surface area contributed by atoms with E-state index in [1.165, 1.54) is 105 Å².